The zero-order valence-corrected chi connectivity index (χ0v) is 12.7. The van der Waals surface area contributed by atoms with Crippen LogP contribution < -0.4 is 5.32 Å². The average molecular weight is 241 g/mol. The molecule has 0 saturated carbocycles. The normalized spacial score (nSPS) is 14.8. The van der Waals surface area contributed by atoms with E-state index in [-0.39, 0.29) is 0 Å². The van der Waals surface area contributed by atoms with Crippen LogP contribution in [0.4, 0.5) is 0 Å². The third-order valence-corrected chi connectivity index (χ3v) is 4.01. The molecule has 0 spiro atoms. The first-order valence-electron chi connectivity index (χ1n) is 7.97. The van der Waals surface area contributed by atoms with Crippen LogP contribution >= 0.6 is 0 Å². The van der Waals surface area contributed by atoms with Crippen LogP contribution in [0.25, 0.3) is 0 Å². The van der Waals surface area contributed by atoms with E-state index >= 15 is 0 Å². The smallest absolute Gasteiger partial charge is 0.00922 e. The average Bonchev–Trinajstić information content (AvgIpc) is 2.36. The monoisotopic (exact) mass is 241 g/mol. The van der Waals surface area contributed by atoms with Crippen molar-refractivity contribution in [1.82, 2.24) is 5.32 Å². The van der Waals surface area contributed by atoms with Crippen molar-refractivity contribution in [2.45, 2.75) is 91.0 Å². The summed E-state index contributed by atoms with van der Waals surface area (Å²) in [6.45, 7) is 6.93. The molecule has 1 N–H and O–H groups in total. The van der Waals surface area contributed by atoms with Crippen LogP contribution in [0.2, 0.25) is 0 Å². The van der Waals surface area contributed by atoms with Crippen molar-refractivity contribution in [2.24, 2.45) is 5.92 Å². The van der Waals surface area contributed by atoms with Gasteiger partial charge in [0.15, 0.2) is 0 Å². The molecule has 0 fully saturated rings. The van der Waals surface area contributed by atoms with Crippen molar-refractivity contribution in [3.8, 4) is 0 Å². The van der Waals surface area contributed by atoms with Crippen LogP contribution in [0, 0.1) is 5.92 Å². The van der Waals surface area contributed by atoms with Crippen LogP contribution in [0.3, 0.4) is 0 Å². The second-order valence-corrected chi connectivity index (χ2v) is 5.41. The summed E-state index contributed by atoms with van der Waals surface area (Å²) in [5.41, 5.74) is 0. The first-order valence-corrected chi connectivity index (χ1v) is 7.97. The zero-order valence-electron chi connectivity index (χ0n) is 12.7. The second-order valence-electron chi connectivity index (χ2n) is 5.41. The fourth-order valence-electron chi connectivity index (χ4n) is 2.74. The van der Waals surface area contributed by atoms with Gasteiger partial charge in [-0.15, -0.1) is 0 Å². The molecule has 0 aliphatic rings. The molecule has 0 aromatic heterocycles. The Labute approximate surface area is 110 Å². The Morgan fingerprint density at radius 3 is 1.94 bits per heavy atom. The van der Waals surface area contributed by atoms with E-state index < -0.39 is 0 Å². The van der Waals surface area contributed by atoms with Gasteiger partial charge in [-0.2, -0.15) is 0 Å². The number of unbranched alkanes of at least 4 members (excludes halogenated alkanes) is 5. The molecule has 0 aromatic carbocycles. The summed E-state index contributed by atoms with van der Waals surface area (Å²) in [7, 11) is 2.14. The van der Waals surface area contributed by atoms with Gasteiger partial charge in [-0.25, -0.2) is 0 Å². The molecule has 2 atom stereocenters. The first kappa shape index (κ1) is 17.0. The van der Waals surface area contributed by atoms with Gasteiger partial charge in [0.05, 0.1) is 0 Å². The predicted octanol–water partition coefficient (Wildman–Crippen LogP) is 5.15. The van der Waals surface area contributed by atoms with Crippen LogP contribution in [-0.2, 0) is 0 Å². The maximum absolute atomic E-state index is 3.55. The maximum Gasteiger partial charge on any atom is 0.00922 e. The zero-order chi connectivity index (χ0) is 12.9. The third-order valence-electron chi connectivity index (χ3n) is 4.01. The summed E-state index contributed by atoms with van der Waals surface area (Å²) < 4.78 is 0. The summed E-state index contributed by atoms with van der Waals surface area (Å²) in [5.74, 6) is 0.895. The van der Waals surface area contributed by atoms with Crippen LogP contribution in [0.1, 0.15) is 85.0 Å². The molecular weight excluding hydrogens is 206 g/mol. The van der Waals surface area contributed by atoms with E-state index in [0.717, 1.165) is 12.0 Å². The van der Waals surface area contributed by atoms with Crippen LogP contribution in [0.5, 0.6) is 0 Å². The minimum absolute atomic E-state index is 0.758. The van der Waals surface area contributed by atoms with Gasteiger partial charge in [0.2, 0.25) is 0 Å². The van der Waals surface area contributed by atoms with E-state index in [0.29, 0.717) is 0 Å². The molecule has 0 aliphatic carbocycles. The van der Waals surface area contributed by atoms with E-state index in [2.05, 4.69) is 33.1 Å². The lowest BCUT2D eigenvalue weighted by atomic mass is 9.88. The highest BCUT2D eigenvalue weighted by atomic mass is 14.9. The number of rotatable bonds is 12. The molecule has 2 unspecified atom stereocenters. The number of nitrogens with one attached hydrogen (secondary N) is 1. The highest BCUT2D eigenvalue weighted by Gasteiger charge is 2.16. The third kappa shape index (κ3) is 8.65. The van der Waals surface area contributed by atoms with Gasteiger partial charge in [-0.3, -0.25) is 0 Å². The highest BCUT2D eigenvalue weighted by molar-refractivity contribution is 4.74. The molecule has 0 bridgehead atoms. The number of hydrogen-bond donors (Lipinski definition) is 1. The van der Waals surface area contributed by atoms with Crippen molar-refractivity contribution >= 4 is 0 Å². The fourth-order valence-corrected chi connectivity index (χ4v) is 2.74. The Bertz CT molecular complexity index is 144. The lowest BCUT2D eigenvalue weighted by Crippen LogP contribution is -2.33. The van der Waals surface area contributed by atoms with E-state index in [1.165, 1.54) is 64.2 Å². The van der Waals surface area contributed by atoms with E-state index in [9.17, 15) is 0 Å². The van der Waals surface area contributed by atoms with E-state index in [4.69, 9.17) is 0 Å². The topological polar surface area (TPSA) is 12.0 Å². The summed E-state index contributed by atoms with van der Waals surface area (Å²) in [5, 5.41) is 3.55. The molecule has 0 heterocycles. The maximum atomic E-state index is 3.55. The summed E-state index contributed by atoms with van der Waals surface area (Å²) in [6, 6.07) is 0.758. The molecular formula is C16H35N. The van der Waals surface area contributed by atoms with Crippen molar-refractivity contribution in [2.75, 3.05) is 7.05 Å². The van der Waals surface area contributed by atoms with Crippen molar-refractivity contribution < 1.29 is 0 Å². The summed E-state index contributed by atoms with van der Waals surface area (Å²) >= 11 is 0. The lowest BCUT2D eigenvalue weighted by Gasteiger charge is -2.26. The van der Waals surface area contributed by atoms with E-state index in [1.807, 2.05) is 0 Å². The van der Waals surface area contributed by atoms with Crippen LogP contribution in [-0.4, -0.2) is 13.1 Å². The molecule has 0 aliphatic heterocycles. The molecule has 104 valence electrons. The van der Waals surface area contributed by atoms with Gasteiger partial charge in [-0.1, -0.05) is 72.1 Å². The van der Waals surface area contributed by atoms with Crippen LogP contribution in [0.15, 0.2) is 0 Å². The summed E-state index contributed by atoms with van der Waals surface area (Å²) in [6.07, 6.45) is 13.9. The SMILES string of the molecule is CCCCCCCC(NC)C(CC)CCCC. The molecule has 17 heavy (non-hydrogen) atoms. The van der Waals surface area contributed by atoms with Crippen molar-refractivity contribution in [3.05, 3.63) is 0 Å². The Morgan fingerprint density at radius 2 is 1.41 bits per heavy atom. The van der Waals surface area contributed by atoms with Gasteiger partial charge in [0, 0.05) is 6.04 Å². The van der Waals surface area contributed by atoms with Gasteiger partial charge in [0.1, 0.15) is 0 Å². The molecule has 1 nitrogen and oxygen atoms in total. The molecule has 0 saturated heterocycles. The Balaban J connectivity index is 3.77. The van der Waals surface area contributed by atoms with Gasteiger partial charge in [-0.05, 0) is 25.8 Å². The molecule has 0 aromatic rings. The standard InChI is InChI=1S/C16H35N/c1-5-8-10-11-12-14-16(17-4)15(7-3)13-9-6-2/h15-17H,5-14H2,1-4H3. The van der Waals surface area contributed by atoms with Crippen molar-refractivity contribution in [1.29, 1.82) is 0 Å². The molecule has 1 heteroatoms. The molecule has 0 amide bonds. The van der Waals surface area contributed by atoms with E-state index in [1.54, 1.807) is 0 Å². The first-order chi connectivity index (χ1) is 8.29. The van der Waals surface area contributed by atoms with Gasteiger partial charge < -0.3 is 5.32 Å². The molecule has 0 rings (SSSR count). The minimum Gasteiger partial charge on any atom is -0.317 e. The summed E-state index contributed by atoms with van der Waals surface area (Å²) in [4.78, 5) is 0. The van der Waals surface area contributed by atoms with Gasteiger partial charge >= 0.3 is 0 Å². The minimum atomic E-state index is 0.758. The highest BCUT2D eigenvalue weighted by Crippen LogP contribution is 2.21. The quantitative estimate of drug-likeness (QED) is 0.466. The fraction of sp³-hybridized carbons (Fsp3) is 1.00. The van der Waals surface area contributed by atoms with Crippen molar-refractivity contribution in [3.63, 3.8) is 0 Å². The Kier molecular flexibility index (Phi) is 12.4. The van der Waals surface area contributed by atoms with Gasteiger partial charge in [0.25, 0.3) is 0 Å². The molecule has 0 radical (unpaired) electrons. The Morgan fingerprint density at radius 1 is 0.765 bits per heavy atom. The second kappa shape index (κ2) is 12.4. The predicted molar refractivity (Wildman–Crippen MR) is 79.5 cm³/mol. The largest absolute Gasteiger partial charge is 0.317 e. The number of hydrogen-bond acceptors (Lipinski definition) is 1. The Hall–Kier alpha value is -0.0400. The lowest BCUT2D eigenvalue weighted by molar-refractivity contribution is 0.309.